The summed E-state index contributed by atoms with van der Waals surface area (Å²) in [5.74, 6) is -0.225. The van der Waals surface area contributed by atoms with Crippen molar-refractivity contribution in [1.29, 1.82) is 0 Å². The number of esters is 1. The first kappa shape index (κ1) is 16.5. The molecule has 0 saturated heterocycles. The summed E-state index contributed by atoms with van der Waals surface area (Å²) < 4.78 is 7.59. The molecule has 0 bridgehead atoms. The number of ether oxygens (including phenoxy) is 1. The zero-order valence-corrected chi connectivity index (χ0v) is 14.5. The van der Waals surface area contributed by atoms with Crippen molar-refractivity contribution in [2.75, 3.05) is 0 Å². The van der Waals surface area contributed by atoms with Gasteiger partial charge in [0.25, 0.3) is 0 Å². The largest absolute Gasteiger partial charge is 0.460 e. The number of nitrogens with one attached hydrogen (secondary N) is 1. The van der Waals surface area contributed by atoms with Gasteiger partial charge in [0.05, 0.1) is 17.7 Å². The topological polar surface area (TPSA) is 56.1 Å². The minimum absolute atomic E-state index is 0.225. The van der Waals surface area contributed by atoms with Gasteiger partial charge in [-0.05, 0) is 11.1 Å². The van der Waals surface area contributed by atoms with Gasteiger partial charge in [0.2, 0.25) is 0 Å². The highest BCUT2D eigenvalue weighted by molar-refractivity contribution is 5.76. The Morgan fingerprint density at radius 1 is 1.08 bits per heavy atom. The third kappa shape index (κ3) is 3.68. The molecular weight excluding hydrogens is 326 g/mol. The Balaban J connectivity index is 1.38. The molecule has 2 heterocycles. The summed E-state index contributed by atoms with van der Waals surface area (Å²) in [4.78, 5) is 16.9. The fourth-order valence-electron chi connectivity index (χ4n) is 3.22. The summed E-state index contributed by atoms with van der Waals surface area (Å²) in [6, 6.07) is 19.7. The Morgan fingerprint density at radius 2 is 1.77 bits per heavy atom. The average Bonchev–Trinajstić information content (AvgIpc) is 3.10. The Labute approximate surface area is 152 Å². The number of carbonyl (C=O) groups is 1. The number of rotatable bonds is 5. The molecule has 26 heavy (non-hydrogen) atoms. The summed E-state index contributed by atoms with van der Waals surface area (Å²) in [7, 11) is 0. The van der Waals surface area contributed by atoms with E-state index in [1.54, 1.807) is 0 Å². The molecule has 4 rings (SSSR count). The van der Waals surface area contributed by atoms with Gasteiger partial charge in [-0.3, -0.25) is 10.1 Å². The maximum absolute atomic E-state index is 12.4. The summed E-state index contributed by atoms with van der Waals surface area (Å²) in [6.45, 7) is 1.70. The molecule has 1 N–H and O–H groups in total. The molecule has 0 aliphatic carbocycles. The first-order chi connectivity index (χ1) is 12.8. The molecule has 0 radical (unpaired) electrons. The van der Waals surface area contributed by atoms with Crippen LogP contribution in [0.4, 0.5) is 0 Å². The SMILES string of the molecule is O=C(OCc1ccccc1)C1Cc2ncn(Cc3ccccc3)c2CN1. The molecule has 5 heteroatoms. The van der Waals surface area contributed by atoms with Crippen LogP contribution in [0.3, 0.4) is 0 Å². The number of aromatic nitrogens is 2. The maximum Gasteiger partial charge on any atom is 0.323 e. The molecule has 0 fully saturated rings. The minimum atomic E-state index is -0.341. The Hall–Kier alpha value is -2.92. The van der Waals surface area contributed by atoms with Crippen LogP contribution in [0.5, 0.6) is 0 Å². The normalized spacial score (nSPS) is 16.1. The Kier molecular flexibility index (Phi) is 4.80. The molecule has 1 aromatic heterocycles. The summed E-state index contributed by atoms with van der Waals surface area (Å²) >= 11 is 0. The van der Waals surface area contributed by atoms with Gasteiger partial charge in [-0.25, -0.2) is 4.98 Å². The van der Waals surface area contributed by atoms with Crippen molar-refractivity contribution < 1.29 is 9.53 Å². The second-order valence-electron chi connectivity index (χ2n) is 6.48. The van der Waals surface area contributed by atoms with Crippen LogP contribution in [0.2, 0.25) is 0 Å². The molecule has 132 valence electrons. The van der Waals surface area contributed by atoms with Crippen LogP contribution >= 0.6 is 0 Å². The van der Waals surface area contributed by atoms with Gasteiger partial charge in [0, 0.05) is 19.5 Å². The Morgan fingerprint density at radius 3 is 2.50 bits per heavy atom. The third-order valence-electron chi connectivity index (χ3n) is 4.65. The fourth-order valence-corrected chi connectivity index (χ4v) is 3.22. The first-order valence-corrected chi connectivity index (χ1v) is 8.80. The van der Waals surface area contributed by atoms with E-state index in [0.717, 1.165) is 23.5 Å². The highest BCUT2D eigenvalue weighted by Gasteiger charge is 2.28. The van der Waals surface area contributed by atoms with Crippen molar-refractivity contribution >= 4 is 5.97 Å². The summed E-state index contributed by atoms with van der Waals surface area (Å²) in [6.07, 6.45) is 2.42. The predicted octanol–water partition coefficient (Wildman–Crippen LogP) is 2.69. The maximum atomic E-state index is 12.4. The van der Waals surface area contributed by atoms with E-state index in [9.17, 15) is 4.79 Å². The van der Waals surface area contributed by atoms with Gasteiger partial charge < -0.3 is 9.30 Å². The van der Waals surface area contributed by atoms with Crippen LogP contribution in [-0.2, 0) is 35.6 Å². The standard InChI is InChI=1S/C21H21N3O2/c25-21(26-14-17-9-5-2-6-10-17)19-11-18-20(12-22-19)24(15-23-18)13-16-7-3-1-4-8-16/h1-10,15,19,22H,11-14H2. The second-order valence-corrected chi connectivity index (χ2v) is 6.48. The number of hydrogen-bond donors (Lipinski definition) is 1. The molecule has 3 aromatic rings. The molecule has 1 aliphatic heterocycles. The van der Waals surface area contributed by atoms with Crippen molar-refractivity contribution in [3.05, 3.63) is 89.5 Å². The number of benzene rings is 2. The Bertz CT molecular complexity index is 875. The van der Waals surface area contributed by atoms with Crippen molar-refractivity contribution in [3.8, 4) is 0 Å². The lowest BCUT2D eigenvalue weighted by molar-refractivity contribution is -0.147. The van der Waals surface area contributed by atoms with E-state index in [1.807, 2.05) is 54.9 Å². The number of hydrogen-bond acceptors (Lipinski definition) is 4. The lowest BCUT2D eigenvalue weighted by Crippen LogP contribution is -2.43. The predicted molar refractivity (Wildman–Crippen MR) is 98.3 cm³/mol. The molecule has 1 atom stereocenters. The lowest BCUT2D eigenvalue weighted by atomic mass is 10.1. The van der Waals surface area contributed by atoms with Gasteiger partial charge in [0.1, 0.15) is 12.6 Å². The van der Waals surface area contributed by atoms with E-state index < -0.39 is 0 Å². The zero-order valence-electron chi connectivity index (χ0n) is 14.5. The van der Waals surface area contributed by atoms with Gasteiger partial charge >= 0.3 is 5.97 Å². The number of nitrogens with zero attached hydrogens (tertiary/aromatic N) is 2. The third-order valence-corrected chi connectivity index (χ3v) is 4.65. The van der Waals surface area contributed by atoms with Crippen LogP contribution in [0.15, 0.2) is 67.0 Å². The summed E-state index contributed by atoms with van der Waals surface area (Å²) in [5.41, 5.74) is 4.34. The van der Waals surface area contributed by atoms with Crippen LogP contribution in [0.1, 0.15) is 22.5 Å². The number of carbonyl (C=O) groups excluding carboxylic acids is 1. The van der Waals surface area contributed by atoms with Crippen LogP contribution in [-0.4, -0.2) is 21.6 Å². The van der Waals surface area contributed by atoms with Crippen molar-refractivity contribution in [3.63, 3.8) is 0 Å². The average molecular weight is 347 g/mol. The zero-order chi connectivity index (χ0) is 17.8. The van der Waals surface area contributed by atoms with E-state index in [2.05, 4.69) is 27.0 Å². The van der Waals surface area contributed by atoms with E-state index in [0.29, 0.717) is 19.6 Å². The van der Waals surface area contributed by atoms with Crippen molar-refractivity contribution in [2.24, 2.45) is 0 Å². The lowest BCUT2D eigenvalue weighted by Gasteiger charge is -2.23. The first-order valence-electron chi connectivity index (χ1n) is 8.80. The molecule has 2 aromatic carbocycles. The van der Waals surface area contributed by atoms with Crippen LogP contribution in [0, 0.1) is 0 Å². The van der Waals surface area contributed by atoms with Gasteiger partial charge in [-0.1, -0.05) is 60.7 Å². The van der Waals surface area contributed by atoms with E-state index >= 15 is 0 Å². The highest BCUT2D eigenvalue weighted by Crippen LogP contribution is 2.18. The number of fused-ring (bicyclic) bond motifs is 1. The van der Waals surface area contributed by atoms with Crippen LogP contribution < -0.4 is 5.32 Å². The molecule has 1 unspecified atom stereocenters. The highest BCUT2D eigenvalue weighted by atomic mass is 16.5. The molecule has 1 aliphatic rings. The van der Waals surface area contributed by atoms with Crippen LogP contribution in [0.25, 0.3) is 0 Å². The quantitative estimate of drug-likeness (QED) is 0.721. The monoisotopic (exact) mass is 347 g/mol. The van der Waals surface area contributed by atoms with Gasteiger partial charge in [-0.2, -0.15) is 0 Å². The van der Waals surface area contributed by atoms with Crippen molar-refractivity contribution in [2.45, 2.75) is 32.2 Å². The second kappa shape index (κ2) is 7.54. The van der Waals surface area contributed by atoms with E-state index in [1.165, 1.54) is 5.56 Å². The van der Waals surface area contributed by atoms with Gasteiger partial charge in [0.15, 0.2) is 0 Å². The van der Waals surface area contributed by atoms with Gasteiger partial charge in [-0.15, -0.1) is 0 Å². The molecular formula is C21H21N3O2. The smallest absolute Gasteiger partial charge is 0.323 e. The van der Waals surface area contributed by atoms with E-state index in [-0.39, 0.29) is 12.0 Å². The minimum Gasteiger partial charge on any atom is -0.460 e. The fraction of sp³-hybridized carbons (Fsp3) is 0.238. The number of imidazole rings is 1. The molecule has 0 amide bonds. The van der Waals surface area contributed by atoms with E-state index in [4.69, 9.17) is 4.74 Å². The molecule has 0 saturated carbocycles. The molecule has 0 spiro atoms. The van der Waals surface area contributed by atoms with Crippen molar-refractivity contribution in [1.82, 2.24) is 14.9 Å². The molecule has 5 nitrogen and oxygen atoms in total. The summed E-state index contributed by atoms with van der Waals surface area (Å²) in [5, 5.41) is 3.29.